The van der Waals surface area contributed by atoms with Crippen LogP contribution in [-0.2, 0) is 4.79 Å². The number of ether oxygens (including phenoxy) is 1. The lowest BCUT2D eigenvalue weighted by molar-refractivity contribution is -0.125. The highest BCUT2D eigenvalue weighted by Gasteiger charge is 2.30. The molecule has 0 unspecified atom stereocenters. The maximum Gasteiger partial charge on any atom is 0.266 e. The molecular weight excluding hydrogens is 458 g/mol. The fourth-order valence-electron chi connectivity index (χ4n) is 5.15. The Kier molecular flexibility index (Phi) is 7.23. The Bertz CT molecular complexity index is 1200. The van der Waals surface area contributed by atoms with Gasteiger partial charge in [-0.05, 0) is 68.6 Å². The van der Waals surface area contributed by atoms with Crippen molar-refractivity contribution in [2.24, 2.45) is 5.92 Å². The van der Waals surface area contributed by atoms with Crippen molar-refractivity contribution in [3.8, 4) is 23.5 Å². The van der Waals surface area contributed by atoms with E-state index >= 15 is 0 Å². The molecule has 0 radical (unpaired) electrons. The Labute approximate surface area is 210 Å². The van der Waals surface area contributed by atoms with Gasteiger partial charge in [-0.25, -0.2) is 0 Å². The van der Waals surface area contributed by atoms with Crippen LogP contribution in [0.3, 0.4) is 0 Å². The molecule has 2 aliphatic rings. The van der Waals surface area contributed by atoms with Gasteiger partial charge in [-0.2, -0.15) is 10.2 Å². The average Bonchev–Trinajstić information content (AvgIpc) is 3.71. The van der Waals surface area contributed by atoms with Gasteiger partial charge >= 0.3 is 0 Å². The molecule has 1 N–H and O–H groups in total. The van der Waals surface area contributed by atoms with Crippen molar-refractivity contribution < 1.29 is 18.4 Å². The van der Waals surface area contributed by atoms with Crippen LogP contribution >= 0.6 is 0 Å². The Balaban J connectivity index is 1.20. The van der Waals surface area contributed by atoms with Gasteiger partial charge in [0.2, 0.25) is 17.5 Å². The van der Waals surface area contributed by atoms with Crippen LogP contribution in [0.2, 0.25) is 0 Å². The van der Waals surface area contributed by atoms with Crippen molar-refractivity contribution in [1.29, 1.82) is 5.26 Å². The zero-order chi connectivity index (χ0) is 24.9. The summed E-state index contributed by atoms with van der Waals surface area (Å²) in [4.78, 5) is 21.8. The predicted octanol–water partition coefficient (Wildman–Crippen LogP) is 3.98. The Morgan fingerprint density at radius 2 is 2.03 bits per heavy atom. The quantitative estimate of drug-likeness (QED) is 0.506. The Morgan fingerprint density at radius 3 is 2.72 bits per heavy atom. The van der Waals surface area contributed by atoms with E-state index in [-0.39, 0.29) is 29.5 Å². The van der Waals surface area contributed by atoms with E-state index < -0.39 is 0 Å². The summed E-state index contributed by atoms with van der Waals surface area (Å²) < 4.78 is 16.6. The number of amides is 1. The number of furan rings is 1. The van der Waals surface area contributed by atoms with Crippen LogP contribution in [0.4, 0.5) is 5.88 Å². The van der Waals surface area contributed by atoms with Crippen LogP contribution in [0.5, 0.6) is 5.75 Å². The lowest BCUT2D eigenvalue weighted by atomic mass is 9.95. The van der Waals surface area contributed by atoms with Crippen molar-refractivity contribution in [3.05, 3.63) is 53.9 Å². The molecule has 1 aromatic carbocycles. The lowest BCUT2D eigenvalue weighted by Gasteiger charge is -2.32. The first-order valence-electron chi connectivity index (χ1n) is 12.5. The molecule has 2 aromatic heterocycles. The fourth-order valence-corrected chi connectivity index (χ4v) is 5.15. The Hall–Kier alpha value is -3.77. The van der Waals surface area contributed by atoms with Crippen molar-refractivity contribution in [3.63, 3.8) is 0 Å². The number of benzene rings is 1. The first-order chi connectivity index (χ1) is 17.7. The van der Waals surface area contributed by atoms with Crippen LogP contribution < -0.4 is 15.0 Å². The van der Waals surface area contributed by atoms with Gasteiger partial charge in [0.15, 0.2) is 5.76 Å². The third-order valence-corrected chi connectivity index (χ3v) is 7.13. The smallest absolute Gasteiger partial charge is 0.266 e. The normalized spacial score (nSPS) is 17.6. The number of rotatable bonds is 8. The number of oxazole rings is 1. The van der Waals surface area contributed by atoms with Gasteiger partial charge in [0.05, 0.1) is 19.4 Å². The van der Waals surface area contributed by atoms with Crippen LogP contribution in [-0.4, -0.2) is 55.6 Å². The number of methoxy groups -OCH3 is 1. The molecule has 5 rings (SSSR count). The van der Waals surface area contributed by atoms with E-state index in [1.165, 1.54) is 19.1 Å². The fraction of sp³-hybridized carbons (Fsp3) is 0.444. The molecule has 0 aliphatic carbocycles. The number of nitriles is 1. The summed E-state index contributed by atoms with van der Waals surface area (Å²) in [5.74, 6) is 2.04. The molecule has 2 saturated heterocycles. The third-order valence-electron chi connectivity index (χ3n) is 7.13. The molecule has 1 amide bonds. The zero-order valence-electron chi connectivity index (χ0n) is 20.5. The second-order valence-electron chi connectivity index (χ2n) is 9.30. The molecule has 9 nitrogen and oxygen atoms in total. The van der Waals surface area contributed by atoms with E-state index in [4.69, 9.17) is 13.6 Å². The molecule has 9 heteroatoms. The number of carbonyl (C=O) groups is 1. The summed E-state index contributed by atoms with van der Waals surface area (Å²) in [7, 11) is 1.67. The molecule has 3 aromatic rings. The average molecular weight is 490 g/mol. The maximum absolute atomic E-state index is 13.1. The first kappa shape index (κ1) is 23.9. The summed E-state index contributed by atoms with van der Waals surface area (Å²) >= 11 is 0. The minimum absolute atomic E-state index is 0.0797. The monoisotopic (exact) mass is 489 g/mol. The van der Waals surface area contributed by atoms with Gasteiger partial charge in [0.25, 0.3) is 5.89 Å². The number of nitrogens with one attached hydrogen (secondary N) is 1. The van der Waals surface area contributed by atoms with Crippen molar-refractivity contribution >= 4 is 11.8 Å². The summed E-state index contributed by atoms with van der Waals surface area (Å²) in [6.45, 7) is 3.87. The highest BCUT2D eigenvalue weighted by atomic mass is 16.5. The maximum atomic E-state index is 13.1. The summed E-state index contributed by atoms with van der Waals surface area (Å²) in [6.07, 6.45) is 5.27. The second kappa shape index (κ2) is 10.9. The number of piperidine rings is 1. The van der Waals surface area contributed by atoms with Gasteiger partial charge in [0, 0.05) is 25.6 Å². The van der Waals surface area contributed by atoms with Gasteiger partial charge in [-0.1, -0.05) is 12.1 Å². The number of carbonyl (C=O) groups excluding carboxylic acids is 1. The molecule has 0 saturated carbocycles. The molecule has 2 aliphatic heterocycles. The minimum atomic E-state index is -0.0798. The summed E-state index contributed by atoms with van der Waals surface area (Å²) in [5, 5.41) is 12.8. The third kappa shape index (κ3) is 5.09. The Morgan fingerprint density at radius 1 is 1.22 bits per heavy atom. The van der Waals surface area contributed by atoms with Gasteiger partial charge in [0.1, 0.15) is 11.8 Å². The van der Waals surface area contributed by atoms with E-state index in [1.54, 1.807) is 19.2 Å². The van der Waals surface area contributed by atoms with E-state index in [1.807, 2.05) is 17.0 Å². The largest absolute Gasteiger partial charge is 0.497 e. The minimum Gasteiger partial charge on any atom is -0.497 e. The highest BCUT2D eigenvalue weighted by Crippen LogP contribution is 2.32. The molecule has 0 bridgehead atoms. The highest BCUT2D eigenvalue weighted by molar-refractivity contribution is 5.79. The van der Waals surface area contributed by atoms with Gasteiger partial charge in [-0.15, -0.1) is 0 Å². The van der Waals surface area contributed by atoms with Crippen molar-refractivity contribution in [2.45, 2.75) is 31.7 Å². The van der Waals surface area contributed by atoms with E-state index in [9.17, 15) is 10.1 Å². The molecule has 188 valence electrons. The lowest BCUT2D eigenvalue weighted by Crippen LogP contribution is -2.43. The SMILES string of the molecule is COc1cccc([C@H](CNC(=O)C2CCN(c3oc(-c4ccco4)nc3C#N)CC2)N2CCCC2)c1. The standard InChI is InChI=1S/C27H31N5O4/c1-34-21-7-4-6-20(16-21)23(31-11-2-3-12-31)18-29-25(33)19-9-13-32(14-10-19)27-22(17-28)30-26(36-27)24-8-5-15-35-24/h4-8,15-16,19,23H,2-3,9-14,18H2,1H3,(H,29,33)/t23-/m0/s1. The van der Waals surface area contributed by atoms with Crippen LogP contribution in [0, 0.1) is 17.2 Å². The number of hydrogen-bond acceptors (Lipinski definition) is 8. The van der Waals surface area contributed by atoms with E-state index in [2.05, 4.69) is 33.4 Å². The van der Waals surface area contributed by atoms with E-state index in [0.717, 1.165) is 24.4 Å². The molecule has 4 heterocycles. The second-order valence-corrected chi connectivity index (χ2v) is 9.30. The number of hydrogen-bond donors (Lipinski definition) is 1. The number of nitrogens with zero attached hydrogens (tertiary/aromatic N) is 4. The number of likely N-dealkylation sites (tertiary alicyclic amines) is 1. The molecule has 36 heavy (non-hydrogen) atoms. The zero-order valence-corrected chi connectivity index (χ0v) is 20.5. The number of aromatic nitrogens is 1. The predicted molar refractivity (Wildman–Crippen MR) is 133 cm³/mol. The molecule has 1 atom stereocenters. The first-order valence-corrected chi connectivity index (χ1v) is 12.5. The van der Waals surface area contributed by atoms with E-state index in [0.29, 0.717) is 44.1 Å². The topological polar surface area (TPSA) is 108 Å². The van der Waals surface area contributed by atoms with Crippen molar-refractivity contribution in [2.75, 3.05) is 44.7 Å². The molecule has 2 fully saturated rings. The van der Waals surface area contributed by atoms with Gasteiger partial charge < -0.3 is 23.8 Å². The summed E-state index contributed by atoms with van der Waals surface area (Å²) in [6, 6.07) is 13.9. The van der Waals surface area contributed by atoms with Crippen LogP contribution in [0.1, 0.15) is 43.0 Å². The number of anilines is 1. The molecule has 0 spiro atoms. The van der Waals surface area contributed by atoms with Crippen LogP contribution in [0.15, 0.2) is 51.5 Å². The van der Waals surface area contributed by atoms with Gasteiger partial charge in [-0.3, -0.25) is 9.69 Å². The molecular formula is C27H31N5O4. The van der Waals surface area contributed by atoms with Crippen LogP contribution in [0.25, 0.3) is 11.7 Å². The van der Waals surface area contributed by atoms with Crippen molar-refractivity contribution in [1.82, 2.24) is 15.2 Å². The summed E-state index contributed by atoms with van der Waals surface area (Å²) in [5.41, 5.74) is 1.39.